The molecule has 0 aromatic rings. The van der Waals surface area contributed by atoms with Crippen molar-refractivity contribution in [1.82, 2.24) is 5.32 Å². The molecule has 0 aromatic carbocycles. The standard InChI is InChI=1S/C12H17N5OS3/c1-3-21-12(2,8-13)7-10(20-9-19)11(18)15-5-4-6-16-17-14/h10H,3-7H2,1-2H3/p+1. The molecule has 0 aliphatic heterocycles. The Labute approximate surface area is 138 Å². The molecule has 0 rings (SSSR count). The smallest absolute Gasteiger partial charge is 0.284 e. The maximum Gasteiger partial charge on any atom is 0.284 e. The maximum absolute atomic E-state index is 12.1. The lowest BCUT2D eigenvalue weighted by molar-refractivity contribution is -0.120. The Balaban J connectivity index is 4.60. The summed E-state index contributed by atoms with van der Waals surface area (Å²) >= 11 is 7.34. The summed E-state index contributed by atoms with van der Waals surface area (Å²) in [6.07, 6.45) is 0.978. The fraction of sp³-hybridized carbons (Fsp3) is 0.750. The Morgan fingerprint density at radius 2 is 2.43 bits per heavy atom. The number of thioether (sulfide) groups is 1. The van der Waals surface area contributed by atoms with Gasteiger partial charge in [-0.2, -0.15) is 5.26 Å². The highest BCUT2D eigenvalue weighted by Crippen LogP contribution is 2.29. The summed E-state index contributed by atoms with van der Waals surface area (Å²) in [5.41, 5.74) is 8.15. The molecule has 0 aliphatic carbocycles. The molecule has 0 aliphatic rings. The van der Waals surface area contributed by atoms with E-state index in [-0.39, 0.29) is 5.91 Å². The van der Waals surface area contributed by atoms with Gasteiger partial charge < -0.3 is 5.32 Å². The Morgan fingerprint density at radius 1 is 1.71 bits per heavy atom. The quantitative estimate of drug-likeness (QED) is 0.164. The van der Waals surface area contributed by atoms with Crippen molar-refractivity contribution in [2.75, 3.05) is 18.8 Å². The molecule has 0 spiro atoms. The van der Waals surface area contributed by atoms with Crippen molar-refractivity contribution < 1.29 is 4.79 Å². The van der Waals surface area contributed by atoms with Gasteiger partial charge in [0.2, 0.25) is 0 Å². The molecule has 0 saturated heterocycles. The number of hydrogen-bond donors (Lipinski definition) is 1. The van der Waals surface area contributed by atoms with E-state index >= 15 is 0 Å². The molecule has 2 atom stereocenters. The summed E-state index contributed by atoms with van der Waals surface area (Å²) in [5.74, 6) is 0.632. The monoisotopic (exact) mass is 344 g/mol. The number of carbonyl (C=O) groups excluding carboxylic acids is 1. The minimum atomic E-state index is -0.624. The zero-order chi connectivity index (χ0) is 16.1. The molecule has 1 N–H and O–H groups in total. The van der Waals surface area contributed by atoms with Gasteiger partial charge in [0.15, 0.2) is 0 Å². The lowest BCUT2D eigenvalue weighted by Gasteiger charge is -2.19. The number of nitrogens with zero attached hydrogens (tertiary/aromatic N) is 4. The fourth-order valence-electron chi connectivity index (χ4n) is 1.58. The van der Waals surface area contributed by atoms with Crippen LogP contribution >= 0.6 is 24.0 Å². The predicted octanol–water partition coefficient (Wildman–Crippen LogP) is 2.51. The number of nitriles is 1. The fourth-order valence-corrected chi connectivity index (χ4v) is 3.74. The normalized spacial score (nSPS) is 13.8. The van der Waals surface area contributed by atoms with Gasteiger partial charge in [0.05, 0.1) is 6.07 Å². The van der Waals surface area contributed by atoms with Gasteiger partial charge in [-0.05, 0) is 24.6 Å². The molecular formula is C12H18N5OS3+. The van der Waals surface area contributed by atoms with Crippen LogP contribution in [0.1, 0.15) is 26.7 Å². The first-order chi connectivity index (χ1) is 10.0. The highest BCUT2D eigenvalue weighted by Gasteiger charge is 2.37. The van der Waals surface area contributed by atoms with E-state index in [1.807, 2.05) is 13.8 Å². The molecule has 0 heterocycles. The number of amides is 1. The second-order valence-electron chi connectivity index (χ2n) is 4.27. The molecule has 21 heavy (non-hydrogen) atoms. The molecule has 9 heteroatoms. The van der Waals surface area contributed by atoms with Gasteiger partial charge >= 0.3 is 0 Å². The first-order valence-electron chi connectivity index (χ1n) is 6.39. The molecule has 6 nitrogen and oxygen atoms in total. The summed E-state index contributed by atoms with van der Waals surface area (Å²) in [6, 6.07) is 2.26. The SMILES string of the molecule is CCSC(C)(C#N)CC([S+]=C=S)C(=O)NCCCN=[N+]=[N-]. The highest BCUT2D eigenvalue weighted by molar-refractivity contribution is 8.00. The minimum Gasteiger partial charge on any atom is -0.351 e. The second-order valence-corrected chi connectivity index (χ2v) is 7.51. The van der Waals surface area contributed by atoms with E-state index in [0.29, 0.717) is 25.9 Å². The Kier molecular flexibility index (Phi) is 10.9. The van der Waals surface area contributed by atoms with Crippen molar-refractivity contribution in [3.05, 3.63) is 10.4 Å². The van der Waals surface area contributed by atoms with Gasteiger partial charge in [-0.15, -0.1) is 11.8 Å². The third-order valence-electron chi connectivity index (χ3n) is 2.55. The zero-order valence-corrected chi connectivity index (χ0v) is 14.5. The molecular weight excluding hydrogens is 326 g/mol. The first kappa shape index (κ1) is 19.8. The second kappa shape index (κ2) is 11.5. The lowest BCUT2D eigenvalue weighted by atomic mass is 10.1. The van der Waals surface area contributed by atoms with Crippen LogP contribution in [0.15, 0.2) is 5.11 Å². The molecule has 2 unspecified atom stereocenters. The minimum absolute atomic E-state index is 0.170. The number of hydrogen-bond acceptors (Lipinski definition) is 5. The molecule has 0 saturated carbocycles. The van der Waals surface area contributed by atoms with Crippen LogP contribution in [-0.2, 0) is 16.1 Å². The van der Waals surface area contributed by atoms with Crippen molar-refractivity contribution in [3.63, 3.8) is 0 Å². The van der Waals surface area contributed by atoms with Crippen LogP contribution in [0.25, 0.3) is 10.4 Å². The average Bonchev–Trinajstić information content (AvgIpc) is 2.46. The van der Waals surface area contributed by atoms with E-state index in [0.717, 1.165) is 17.1 Å². The number of thiocarbonyl (C=S) groups is 1. The van der Waals surface area contributed by atoms with Gasteiger partial charge in [0, 0.05) is 36.6 Å². The van der Waals surface area contributed by atoms with Crippen molar-refractivity contribution >= 4 is 45.6 Å². The molecule has 0 fully saturated rings. The molecule has 0 radical (unpaired) electrons. The van der Waals surface area contributed by atoms with Gasteiger partial charge in [0.25, 0.3) is 26.8 Å². The summed E-state index contributed by atoms with van der Waals surface area (Å²) < 4.78 is 1.88. The Hall–Kier alpha value is -1.16. The number of carbonyl (C=O) groups is 1. The van der Waals surface area contributed by atoms with E-state index in [1.165, 1.54) is 11.8 Å². The van der Waals surface area contributed by atoms with Crippen molar-refractivity contribution in [2.45, 2.75) is 36.7 Å². The van der Waals surface area contributed by atoms with E-state index in [2.05, 4.69) is 25.7 Å². The average molecular weight is 345 g/mol. The summed E-state index contributed by atoms with van der Waals surface area (Å²) in [7, 11) is 0. The molecule has 114 valence electrons. The van der Waals surface area contributed by atoms with Crippen LogP contribution in [0.4, 0.5) is 0 Å². The third kappa shape index (κ3) is 8.66. The van der Waals surface area contributed by atoms with Crippen molar-refractivity contribution in [3.8, 4) is 6.07 Å². The van der Waals surface area contributed by atoms with Crippen LogP contribution < -0.4 is 5.32 Å². The predicted molar refractivity (Wildman–Crippen MR) is 92.2 cm³/mol. The van der Waals surface area contributed by atoms with Crippen LogP contribution in [0.2, 0.25) is 0 Å². The maximum atomic E-state index is 12.1. The summed E-state index contributed by atoms with van der Waals surface area (Å²) in [4.78, 5) is 14.8. The topological polar surface area (TPSA) is 102 Å². The third-order valence-corrected chi connectivity index (χ3v) is 4.79. The van der Waals surface area contributed by atoms with E-state index in [1.54, 1.807) is 0 Å². The summed E-state index contributed by atoms with van der Waals surface area (Å²) in [5, 5.41) is 15.0. The number of rotatable bonds is 10. The zero-order valence-electron chi connectivity index (χ0n) is 12.0. The van der Waals surface area contributed by atoms with Crippen LogP contribution in [0.3, 0.4) is 0 Å². The van der Waals surface area contributed by atoms with Gasteiger partial charge in [0.1, 0.15) is 4.75 Å². The van der Waals surface area contributed by atoms with Gasteiger partial charge in [-0.1, -0.05) is 12.0 Å². The number of azide groups is 1. The summed E-state index contributed by atoms with van der Waals surface area (Å²) in [6.45, 7) is 4.57. The number of nitrogens with one attached hydrogen (secondary N) is 1. The van der Waals surface area contributed by atoms with Gasteiger partial charge in [-0.25, -0.2) is 0 Å². The van der Waals surface area contributed by atoms with E-state index in [4.69, 9.17) is 17.7 Å². The van der Waals surface area contributed by atoms with Crippen LogP contribution in [-0.4, -0.2) is 39.1 Å². The molecule has 1 amide bonds. The van der Waals surface area contributed by atoms with Gasteiger partial charge in [-0.3, -0.25) is 4.79 Å². The largest absolute Gasteiger partial charge is 0.351 e. The highest BCUT2D eigenvalue weighted by atomic mass is 32.2. The van der Waals surface area contributed by atoms with Crippen LogP contribution in [0, 0.1) is 11.3 Å². The Bertz CT molecular complexity index is 480. The molecule has 0 bridgehead atoms. The lowest BCUT2D eigenvalue weighted by Crippen LogP contribution is -2.39. The first-order valence-corrected chi connectivity index (χ1v) is 8.67. The Morgan fingerprint density at radius 3 is 2.95 bits per heavy atom. The van der Waals surface area contributed by atoms with Crippen molar-refractivity contribution in [2.24, 2.45) is 5.11 Å². The van der Waals surface area contributed by atoms with Crippen LogP contribution in [0.5, 0.6) is 0 Å². The van der Waals surface area contributed by atoms with E-state index in [9.17, 15) is 10.1 Å². The molecule has 0 aromatic heterocycles. The van der Waals surface area contributed by atoms with Crippen molar-refractivity contribution in [1.29, 1.82) is 5.26 Å². The van der Waals surface area contributed by atoms with E-state index < -0.39 is 10.00 Å².